The van der Waals surface area contributed by atoms with Crippen LogP contribution in [0.4, 0.5) is 17.6 Å². The molecule has 54 heavy (non-hydrogen) atoms. The van der Waals surface area contributed by atoms with Crippen LogP contribution in [0.2, 0.25) is 0 Å². The summed E-state index contributed by atoms with van der Waals surface area (Å²) in [4.78, 5) is 0. The van der Waals surface area contributed by atoms with E-state index in [0.29, 0.717) is 63.7 Å². The van der Waals surface area contributed by atoms with E-state index >= 15 is 0 Å². The number of hydrogen-bond donors (Lipinski definition) is 4. The summed E-state index contributed by atoms with van der Waals surface area (Å²) in [6.07, 6.45) is 2.40. The smallest absolute Gasteiger partial charge is 0.129 e. The fourth-order valence-electron chi connectivity index (χ4n) is 7.28. The van der Waals surface area contributed by atoms with Gasteiger partial charge in [0.2, 0.25) is 0 Å². The van der Waals surface area contributed by atoms with Gasteiger partial charge in [-0.1, -0.05) is 48.5 Å². The lowest BCUT2D eigenvalue weighted by molar-refractivity contribution is 0.0409. The molecule has 0 fully saturated rings. The second-order valence-corrected chi connectivity index (χ2v) is 13.3. The number of nitrogens with two attached hydrogens (primary N) is 2. The molecule has 0 aromatic heterocycles. The third-order valence-electron chi connectivity index (χ3n) is 9.83. The zero-order valence-corrected chi connectivity index (χ0v) is 31.0. The number of halogens is 4. The number of rotatable bonds is 6. The number of hydrogen-bond acceptors (Lipinski definition) is 8. The highest BCUT2D eigenvalue weighted by molar-refractivity contribution is 5.35. The molecule has 6 N–H and O–H groups in total. The molecule has 12 heteroatoms. The predicted octanol–water partition coefficient (Wildman–Crippen LogP) is 6.11. The first kappa shape index (κ1) is 41.4. The number of nitrogens with one attached hydrogen (secondary N) is 2. The SMILES string of the molecule is CNC[C@@H]1OCCc2cccc(F)c21.CNC[C@H]1OCCc2cccc(F)c21.NC[C@@H]1OCCc2cccc(F)c21.NC[C@H]1OCCc2cccc(F)c21. The molecule has 4 aliphatic rings. The summed E-state index contributed by atoms with van der Waals surface area (Å²) in [6, 6.07) is 20.7. The topological polar surface area (TPSA) is 113 Å². The Hall–Kier alpha value is -3.72. The molecule has 4 heterocycles. The van der Waals surface area contributed by atoms with Gasteiger partial charge in [0.15, 0.2) is 0 Å². The van der Waals surface area contributed by atoms with Crippen LogP contribution < -0.4 is 22.1 Å². The summed E-state index contributed by atoms with van der Waals surface area (Å²) in [5.74, 6) is -0.704. The fourth-order valence-corrected chi connectivity index (χ4v) is 7.28. The van der Waals surface area contributed by atoms with Crippen molar-refractivity contribution in [2.75, 3.05) is 66.7 Å². The molecule has 4 aromatic carbocycles. The maximum Gasteiger partial charge on any atom is 0.129 e. The van der Waals surface area contributed by atoms with Crippen molar-refractivity contribution in [1.82, 2.24) is 10.6 Å². The van der Waals surface area contributed by atoms with E-state index in [1.165, 1.54) is 24.3 Å². The summed E-state index contributed by atoms with van der Waals surface area (Å²) in [5.41, 5.74) is 18.0. The minimum atomic E-state index is -0.259. The van der Waals surface area contributed by atoms with Gasteiger partial charge in [-0.2, -0.15) is 0 Å². The Bertz CT molecular complexity index is 1670. The summed E-state index contributed by atoms with van der Waals surface area (Å²) in [6.45, 7) is 4.64. The number of ether oxygens (including phenoxy) is 4. The Balaban J connectivity index is 0.000000139. The van der Waals surface area contributed by atoms with Crippen LogP contribution in [0.25, 0.3) is 0 Å². The lowest BCUT2D eigenvalue weighted by atomic mass is 9.97. The number of likely N-dealkylation sites (N-methyl/N-ethyl adjacent to an activating group) is 2. The Morgan fingerprint density at radius 3 is 0.981 bits per heavy atom. The highest BCUT2D eigenvalue weighted by Crippen LogP contribution is 2.31. The maximum atomic E-state index is 13.5. The molecule has 4 atom stereocenters. The van der Waals surface area contributed by atoms with Crippen molar-refractivity contribution in [2.45, 2.75) is 50.1 Å². The van der Waals surface area contributed by atoms with Gasteiger partial charge in [0.05, 0.1) is 50.8 Å². The average Bonchev–Trinajstić information content (AvgIpc) is 3.19. The Morgan fingerprint density at radius 2 is 0.722 bits per heavy atom. The quantitative estimate of drug-likeness (QED) is 0.175. The predicted molar refractivity (Wildman–Crippen MR) is 201 cm³/mol. The molecule has 4 aromatic rings. The first-order valence-electron chi connectivity index (χ1n) is 18.6. The van der Waals surface area contributed by atoms with Gasteiger partial charge in [-0.15, -0.1) is 0 Å². The van der Waals surface area contributed by atoms with Gasteiger partial charge in [0, 0.05) is 48.4 Å². The van der Waals surface area contributed by atoms with Gasteiger partial charge >= 0.3 is 0 Å². The third kappa shape index (κ3) is 10.3. The molecule has 0 saturated carbocycles. The van der Waals surface area contributed by atoms with Gasteiger partial charge in [-0.3, -0.25) is 0 Å². The molecule has 292 valence electrons. The molecule has 0 spiro atoms. The molecule has 0 bridgehead atoms. The van der Waals surface area contributed by atoms with Gasteiger partial charge < -0.3 is 41.0 Å². The Kier molecular flexibility index (Phi) is 16.0. The third-order valence-corrected chi connectivity index (χ3v) is 9.83. The van der Waals surface area contributed by atoms with Crippen molar-refractivity contribution in [2.24, 2.45) is 11.5 Å². The molecule has 0 saturated heterocycles. The summed E-state index contributed by atoms with van der Waals surface area (Å²) in [5, 5.41) is 6.03. The van der Waals surface area contributed by atoms with Crippen LogP contribution in [0.15, 0.2) is 72.8 Å². The highest BCUT2D eigenvalue weighted by atomic mass is 19.1. The van der Waals surface area contributed by atoms with Gasteiger partial charge in [-0.25, -0.2) is 17.6 Å². The molecule has 4 aliphatic heterocycles. The standard InChI is InChI=1S/2C11H14FNO.2C10H12FNO/c2*1-13-7-10-11-8(5-6-14-10)3-2-4-9(11)12;2*11-8-3-1-2-7-4-5-13-9(6-12)10(7)8/h2*2-4,10,13H,5-7H2,1H3;2*1-3,9H,4-6,12H2/t2*10-;2*9-/m1010/s1. The zero-order valence-electron chi connectivity index (χ0n) is 31.0. The zero-order chi connectivity index (χ0) is 38.5. The summed E-state index contributed by atoms with van der Waals surface area (Å²) in [7, 11) is 3.69. The van der Waals surface area contributed by atoms with Crippen LogP contribution in [-0.4, -0.2) is 66.7 Å². The van der Waals surface area contributed by atoms with Crippen LogP contribution in [0.5, 0.6) is 0 Å². The van der Waals surface area contributed by atoms with E-state index in [0.717, 1.165) is 59.1 Å². The van der Waals surface area contributed by atoms with Crippen molar-refractivity contribution in [3.8, 4) is 0 Å². The van der Waals surface area contributed by atoms with Crippen LogP contribution in [0, 0.1) is 23.3 Å². The lowest BCUT2D eigenvalue weighted by Crippen LogP contribution is -2.26. The fraction of sp³-hybridized carbons (Fsp3) is 0.429. The Labute approximate surface area is 315 Å². The van der Waals surface area contributed by atoms with Crippen LogP contribution in [0.3, 0.4) is 0 Å². The van der Waals surface area contributed by atoms with E-state index in [1.807, 2.05) is 38.4 Å². The van der Waals surface area contributed by atoms with E-state index in [4.69, 9.17) is 30.4 Å². The normalized spacial score (nSPS) is 20.9. The maximum absolute atomic E-state index is 13.5. The average molecular weight is 753 g/mol. The van der Waals surface area contributed by atoms with Crippen molar-refractivity contribution in [1.29, 1.82) is 0 Å². The molecule has 0 radical (unpaired) electrons. The van der Waals surface area contributed by atoms with Crippen molar-refractivity contribution >= 4 is 0 Å². The van der Waals surface area contributed by atoms with E-state index in [9.17, 15) is 17.6 Å². The first-order chi connectivity index (χ1) is 26.3. The van der Waals surface area contributed by atoms with Crippen molar-refractivity contribution < 1.29 is 36.5 Å². The largest absolute Gasteiger partial charge is 0.372 e. The Morgan fingerprint density at radius 1 is 0.463 bits per heavy atom. The number of benzene rings is 4. The van der Waals surface area contributed by atoms with E-state index in [2.05, 4.69) is 10.6 Å². The van der Waals surface area contributed by atoms with Crippen molar-refractivity contribution in [3.05, 3.63) is 141 Å². The lowest BCUT2D eigenvalue weighted by Gasteiger charge is -2.26. The molecule has 0 aliphatic carbocycles. The van der Waals surface area contributed by atoms with Gasteiger partial charge in [0.25, 0.3) is 0 Å². The van der Waals surface area contributed by atoms with E-state index in [-0.39, 0.29) is 47.7 Å². The second kappa shape index (κ2) is 20.8. The summed E-state index contributed by atoms with van der Waals surface area (Å²) >= 11 is 0. The molecular formula is C42H52F4N4O4. The monoisotopic (exact) mass is 752 g/mol. The van der Waals surface area contributed by atoms with Crippen LogP contribution >= 0.6 is 0 Å². The van der Waals surface area contributed by atoms with Crippen LogP contribution in [-0.2, 0) is 44.6 Å². The minimum Gasteiger partial charge on any atom is -0.372 e. The molecule has 8 nitrogen and oxygen atoms in total. The van der Waals surface area contributed by atoms with Gasteiger partial charge in [0.1, 0.15) is 23.3 Å². The van der Waals surface area contributed by atoms with Crippen molar-refractivity contribution in [3.63, 3.8) is 0 Å². The first-order valence-corrected chi connectivity index (χ1v) is 18.6. The summed E-state index contributed by atoms with van der Waals surface area (Å²) < 4.78 is 75.6. The van der Waals surface area contributed by atoms with E-state index in [1.54, 1.807) is 24.3 Å². The molecule has 8 rings (SSSR count). The molecule has 0 unspecified atom stereocenters. The van der Waals surface area contributed by atoms with Crippen LogP contribution in [0.1, 0.15) is 68.9 Å². The minimum absolute atomic E-state index is 0.134. The second-order valence-electron chi connectivity index (χ2n) is 13.3. The molecule has 0 amide bonds. The number of fused-ring (bicyclic) bond motifs is 4. The van der Waals surface area contributed by atoms with E-state index < -0.39 is 0 Å². The van der Waals surface area contributed by atoms with Gasteiger partial charge in [-0.05, 0) is 86.3 Å². The molecular weight excluding hydrogens is 700 g/mol. The highest BCUT2D eigenvalue weighted by Gasteiger charge is 2.26.